The van der Waals surface area contributed by atoms with Crippen LogP contribution in [0.2, 0.25) is 0 Å². The zero-order valence-corrected chi connectivity index (χ0v) is 7.18. The van der Waals surface area contributed by atoms with Gasteiger partial charge in [-0.05, 0) is 12.1 Å². The number of aliphatic hydroxyl groups excluding tert-OH is 1. The van der Waals surface area contributed by atoms with Crippen LogP contribution in [0.5, 0.6) is 0 Å². The number of hydrogen-bond acceptors (Lipinski definition) is 3. The highest BCUT2D eigenvalue weighted by molar-refractivity contribution is 5.85. The van der Waals surface area contributed by atoms with E-state index in [0.29, 0.717) is 11.5 Å². The van der Waals surface area contributed by atoms with Crippen molar-refractivity contribution < 1.29 is 13.9 Å². The standard InChI is InChI=1S/C7H10FNO2.ClH/c8-3-6(9)7-2-1-5(4-10)11-7;/h1-2,6,10H,3-4,9H2;1H/t6-;/m0./s1. The largest absolute Gasteiger partial charge is 0.462 e. The number of halogens is 2. The smallest absolute Gasteiger partial charge is 0.129 e. The highest BCUT2D eigenvalue weighted by Gasteiger charge is 2.09. The van der Waals surface area contributed by atoms with Gasteiger partial charge >= 0.3 is 0 Å². The quantitative estimate of drug-likeness (QED) is 0.761. The third kappa shape index (κ3) is 2.48. The predicted molar refractivity (Wildman–Crippen MR) is 44.8 cm³/mol. The van der Waals surface area contributed by atoms with Crippen molar-refractivity contribution in [1.82, 2.24) is 0 Å². The highest BCUT2D eigenvalue weighted by atomic mass is 35.5. The fourth-order valence-corrected chi connectivity index (χ4v) is 0.755. The molecule has 5 heteroatoms. The molecule has 0 unspecified atom stereocenters. The SMILES string of the molecule is Cl.N[C@@H](CF)c1ccc(CO)o1. The summed E-state index contributed by atoms with van der Waals surface area (Å²) in [6.07, 6.45) is 0. The molecule has 3 nitrogen and oxygen atoms in total. The minimum atomic E-state index is -0.713. The number of hydrogen-bond donors (Lipinski definition) is 2. The van der Waals surface area contributed by atoms with E-state index in [9.17, 15) is 4.39 Å². The van der Waals surface area contributed by atoms with Gasteiger partial charge in [-0.3, -0.25) is 0 Å². The van der Waals surface area contributed by atoms with Crippen molar-refractivity contribution in [2.75, 3.05) is 6.67 Å². The monoisotopic (exact) mass is 195 g/mol. The van der Waals surface area contributed by atoms with Gasteiger partial charge in [0.2, 0.25) is 0 Å². The van der Waals surface area contributed by atoms with Crippen molar-refractivity contribution >= 4 is 12.4 Å². The molecule has 1 aromatic heterocycles. The molecular weight excluding hydrogens is 185 g/mol. The molecule has 0 fully saturated rings. The second-order valence-corrected chi connectivity index (χ2v) is 2.22. The average Bonchev–Trinajstić information content (AvgIpc) is 2.50. The maximum atomic E-state index is 11.9. The number of nitrogens with two attached hydrogens (primary N) is 1. The van der Waals surface area contributed by atoms with Gasteiger partial charge < -0.3 is 15.3 Å². The lowest BCUT2D eigenvalue weighted by atomic mass is 10.3. The lowest BCUT2D eigenvalue weighted by Crippen LogP contribution is -2.10. The molecular formula is C7H11ClFNO2. The molecule has 0 radical (unpaired) electrons. The summed E-state index contributed by atoms with van der Waals surface area (Å²) in [7, 11) is 0. The van der Waals surface area contributed by atoms with Crippen molar-refractivity contribution in [3.8, 4) is 0 Å². The summed E-state index contributed by atoms with van der Waals surface area (Å²) in [5.74, 6) is 0.778. The van der Waals surface area contributed by atoms with Gasteiger partial charge in [-0.15, -0.1) is 12.4 Å². The van der Waals surface area contributed by atoms with Crippen LogP contribution in [0.1, 0.15) is 17.6 Å². The summed E-state index contributed by atoms with van der Waals surface area (Å²) < 4.78 is 16.9. The lowest BCUT2D eigenvalue weighted by Gasteiger charge is -2.00. The maximum absolute atomic E-state index is 11.9. The van der Waals surface area contributed by atoms with Crippen LogP contribution in [0, 0.1) is 0 Å². The summed E-state index contributed by atoms with van der Waals surface area (Å²) in [6.45, 7) is -0.836. The van der Waals surface area contributed by atoms with Crippen LogP contribution >= 0.6 is 12.4 Å². The van der Waals surface area contributed by atoms with Crippen LogP contribution in [-0.2, 0) is 6.61 Å². The van der Waals surface area contributed by atoms with E-state index in [1.807, 2.05) is 0 Å². The average molecular weight is 196 g/mol. The Labute approximate surface area is 75.8 Å². The molecule has 0 aliphatic carbocycles. The van der Waals surface area contributed by atoms with Crippen LogP contribution in [0.25, 0.3) is 0 Å². The van der Waals surface area contributed by atoms with Gasteiger partial charge in [0.25, 0.3) is 0 Å². The molecule has 1 aromatic rings. The summed E-state index contributed by atoms with van der Waals surface area (Å²) in [6, 6.07) is 2.43. The van der Waals surface area contributed by atoms with Crippen LogP contribution in [0.3, 0.4) is 0 Å². The zero-order valence-electron chi connectivity index (χ0n) is 6.37. The highest BCUT2D eigenvalue weighted by Crippen LogP contribution is 2.14. The normalized spacial score (nSPS) is 12.2. The van der Waals surface area contributed by atoms with Crippen LogP contribution < -0.4 is 5.73 Å². The van der Waals surface area contributed by atoms with E-state index in [2.05, 4.69) is 0 Å². The van der Waals surface area contributed by atoms with E-state index in [1.165, 1.54) is 0 Å². The first-order valence-corrected chi connectivity index (χ1v) is 3.29. The number of aliphatic hydroxyl groups is 1. The molecule has 12 heavy (non-hydrogen) atoms. The molecule has 0 aliphatic rings. The van der Waals surface area contributed by atoms with E-state index >= 15 is 0 Å². The molecule has 0 saturated heterocycles. The van der Waals surface area contributed by atoms with Crippen molar-refractivity contribution in [2.45, 2.75) is 12.6 Å². The molecule has 0 amide bonds. The van der Waals surface area contributed by atoms with E-state index < -0.39 is 12.7 Å². The van der Waals surface area contributed by atoms with Gasteiger partial charge in [0, 0.05) is 0 Å². The third-order valence-corrected chi connectivity index (χ3v) is 1.37. The number of rotatable bonds is 3. The van der Waals surface area contributed by atoms with E-state index in [-0.39, 0.29) is 19.0 Å². The molecule has 0 aromatic carbocycles. The first-order chi connectivity index (χ1) is 5.27. The maximum Gasteiger partial charge on any atom is 0.129 e. The fraction of sp³-hybridized carbons (Fsp3) is 0.429. The minimum absolute atomic E-state index is 0. The predicted octanol–water partition coefficient (Wildman–Crippen LogP) is 1.16. The second kappa shape index (κ2) is 5.13. The summed E-state index contributed by atoms with van der Waals surface area (Å²) in [4.78, 5) is 0. The van der Waals surface area contributed by atoms with Crippen LogP contribution in [-0.4, -0.2) is 11.8 Å². The van der Waals surface area contributed by atoms with Gasteiger partial charge in [-0.25, -0.2) is 4.39 Å². The summed E-state index contributed by atoms with van der Waals surface area (Å²) in [5, 5.41) is 8.58. The van der Waals surface area contributed by atoms with E-state index in [1.54, 1.807) is 12.1 Å². The number of furan rings is 1. The van der Waals surface area contributed by atoms with Gasteiger partial charge in [0.1, 0.15) is 24.8 Å². The lowest BCUT2D eigenvalue weighted by molar-refractivity contribution is 0.239. The molecule has 1 atom stereocenters. The summed E-state index contributed by atoms with van der Waals surface area (Å²) >= 11 is 0. The molecule has 0 bridgehead atoms. The first kappa shape index (κ1) is 11.4. The first-order valence-electron chi connectivity index (χ1n) is 3.29. The van der Waals surface area contributed by atoms with Crippen molar-refractivity contribution in [3.63, 3.8) is 0 Å². The van der Waals surface area contributed by atoms with Gasteiger partial charge in [0.15, 0.2) is 0 Å². The van der Waals surface area contributed by atoms with Gasteiger partial charge in [0.05, 0.1) is 6.04 Å². The molecule has 1 rings (SSSR count). The molecule has 70 valence electrons. The fourth-order valence-electron chi connectivity index (χ4n) is 0.755. The Kier molecular flexibility index (Phi) is 4.89. The van der Waals surface area contributed by atoms with E-state index in [4.69, 9.17) is 15.3 Å². The Hall–Kier alpha value is -0.580. The topological polar surface area (TPSA) is 59.4 Å². The number of alkyl halides is 1. The Balaban J connectivity index is 0.00000121. The Morgan fingerprint density at radius 1 is 1.58 bits per heavy atom. The van der Waals surface area contributed by atoms with Crippen LogP contribution in [0.4, 0.5) is 4.39 Å². The molecule has 0 aliphatic heterocycles. The van der Waals surface area contributed by atoms with E-state index in [0.717, 1.165) is 0 Å². The van der Waals surface area contributed by atoms with Crippen molar-refractivity contribution in [1.29, 1.82) is 0 Å². The molecule has 3 N–H and O–H groups in total. The molecule has 1 heterocycles. The molecule has 0 saturated carbocycles. The minimum Gasteiger partial charge on any atom is -0.462 e. The zero-order chi connectivity index (χ0) is 8.27. The van der Waals surface area contributed by atoms with Crippen molar-refractivity contribution in [2.24, 2.45) is 5.73 Å². The third-order valence-electron chi connectivity index (χ3n) is 1.37. The van der Waals surface area contributed by atoms with Gasteiger partial charge in [-0.2, -0.15) is 0 Å². The Morgan fingerprint density at radius 2 is 2.25 bits per heavy atom. The summed E-state index contributed by atoms with van der Waals surface area (Å²) in [5.41, 5.74) is 5.31. The second-order valence-electron chi connectivity index (χ2n) is 2.22. The van der Waals surface area contributed by atoms with Crippen LogP contribution in [0.15, 0.2) is 16.5 Å². The molecule has 0 spiro atoms. The van der Waals surface area contributed by atoms with Crippen molar-refractivity contribution in [3.05, 3.63) is 23.7 Å². The Bertz CT molecular complexity index is 229. The van der Waals surface area contributed by atoms with Gasteiger partial charge in [-0.1, -0.05) is 0 Å². The Morgan fingerprint density at radius 3 is 2.67 bits per heavy atom.